The van der Waals surface area contributed by atoms with Crippen molar-refractivity contribution in [2.45, 2.75) is 0 Å². The molecule has 0 rings (SSSR count). The first kappa shape index (κ1) is 16.2. The van der Waals surface area contributed by atoms with Gasteiger partial charge in [0.1, 0.15) is 0 Å². The second-order valence-corrected chi connectivity index (χ2v) is 0.450. The predicted octanol–water partition coefficient (Wildman–Crippen LogP) is -1.20. The monoisotopic (exact) mass is 153 g/mol. The first-order valence-corrected chi connectivity index (χ1v) is 0.940. The number of rotatable bonds is 0. The molecular formula is CH5K2N3O. The van der Waals surface area contributed by atoms with Gasteiger partial charge in [0.15, 0.2) is 0 Å². The summed E-state index contributed by atoms with van der Waals surface area (Å²) < 4.78 is 0. The van der Waals surface area contributed by atoms with Crippen LogP contribution in [0, 0.1) is 5.53 Å². The second-order valence-electron chi connectivity index (χ2n) is 0.450. The summed E-state index contributed by atoms with van der Waals surface area (Å²) in [7, 11) is 0. The molecule has 0 atom stereocenters. The molecule has 32 valence electrons. The van der Waals surface area contributed by atoms with Crippen LogP contribution in [0.4, 0.5) is 4.79 Å². The van der Waals surface area contributed by atoms with Gasteiger partial charge >= 0.3 is 109 Å². The van der Waals surface area contributed by atoms with Gasteiger partial charge in [-0.3, -0.25) is 0 Å². The number of hydrogen-bond acceptors (Lipinski definition) is 2. The number of nitrogens with two attached hydrogens (primary N) is 1. The molecule has 0 bridgehead atoms. The van der Waals surface area contributed by atoms with E-state index in [1.165, 1.54) is 0 Å². The SMILES string of the molecule is N=NC(N)=O.[KH].[KH]. The molecule has 0 heterocycles. The van der Waals surface area contributed by atoms with Crippen LogP contribution in [-0.4, -0.2) is 109 Å². The van der Waals surface area contributed by atoms with Gasteiger partial charge in [-0.2, -0.15) is 5.53 Å². The Morgan fingerprint density at radius 1 is 1.57 bits per heavy atom. The van der Waals surface area contributed by atoms with E-state index < -0.39 is 6.03 Å². The molecule has 0 aromatic rings. The molecule has 2 amide bonds. The molecule has 3 N–H and O–H groups in total. The van der Waals surface area contributed by atoms with Crippen molar-refractivity contribution in [3.05, 3.63) is 0 Å². The Hall–Kier alpha value is 2.34. The third kappa shape index (κ3) is 17.8. The average Bonchev–Trinajstić information content (AvgIpc) is 1.38. The number of primary amides is 1. The van der Waals surface area contributed by atoms with E-state index >= 15 is 0 Å². The normalized spacial score (nSPS) is 4.57. The van der Waals surface area contributed by atoms with Gasteiger partial charge in [0.2, 0.25) is 0 Å². The fourth-order valence-corrected chi connectivity index (χ4v) is 0. The standard InChI is InChI=1S/CH3N3O.2K.2H/c2-1(5)4-3;;;;/h3H,(H2,2,5);;;;. The molecule has 0 saturated heterocycles. The first-order valence-electron chi connectivity index (χ1n) is 0.940. The third-order valence-electron chi connectivity index (χ3n) is 0.110. The van der Waals surface area contributed by atoms with Crippen LogP contribution in [-0.2, 0) is 0 Å². The second kappa shape index (κ2) is 11.2. The predicted molar refractivity (Wildman–Crippen MR) is 29.0 cm³/mol. The van der Waals surface area contributed by atoms with Crippen molar-refractivity contribution >= 4 is 109 Å². The number of amides is 2. The Morgan fingerprint density at radius 2 is 1.71 bits per heavy atom. The molecule has 0 aromatic heterocycles. The molecule has 6 heteroatoms. The van der Waals surface area contributed by atoms with Crippen LogP contribution in [0.5, 0.6) is 0 Å². The van der Waals surface area contributed by atoms with Gasteiger partial charge in [-0.25, -0.2) is 4.79 Å². The molecule has 4 nitrogen and oxygen atoms in total. The van der Waals surface area contributed by atoms with Crippen LogP contribution >= 0.6 is 0 Å². The Bertz CT molecular complexity index is 64.0. The van der Waals surface area contributed by atoms with Crippen molar-refractivity contribution < 1.29 is 4.79 Å². The molecule has 0 aliphatic rings. The van der Waals surface area contributed by atoms with Gasteiger partial charge in [-0.1, -0.05) is 5.11 Å². The minimum absolute atomic E-state index is 0. The molecule has 7 heavy (non-hydrogen) atoms. The molecule has 0 fully saturated rings. The van der Waals surface area contributed by atoms with Crippen LogP contribution in [0.25, 0.3) is 0 Å². The van der Waals surface area contributed by atoms with Crippen molar-refractivity contribution in [3.63, 3.8) is 0 Å². The molecule has 0 radical (unpaired) electrons. The zero-order chi connectivity index (χ0) is 4.28. The molecule has 0 aliphatic carbocycles. The van der Waals surface area contributed by atoms with E-state index in [9.17, 15) is 4.79 Å². The molecule has 0 aromatic carbocycles. The van der Waals surface area contributed by atoms with Crippen molar-refractivity contribution in [3.8, 4) is 0 Å². The Kier molecular flexibility index (Phi) is 25.8. The van der Waals surface area contributed by atoms with Gasteiger partial charge in [0, 0.05) is 0 Å². The van der Waals surface area contributed by atoms with Crippen molar-refractivity contribution in [1.29, 1.82) is 5.53 Å². The molecule has 0 saturated carbocycles. The van der Waals surface area contributed by atoms with Crippen molar-refractivity contribution in [2.24, 2.45) is 10.8 Å². The summed E-state index contributed by atoms with van der Waals surface area (Å²) in [6, 6.07) is -0.954. The van der Waals surface area contributed by atoms with Crippen LogP contribution in [0.2, 0.25) is 0 Å². The minimum atomic E-state index is -0.954. The maximum absolute atomic E-state index is 9.24. The maximum atomic E-state index is 9.24. The van der Waals surface area contributed by atoms with Gasteiger partial charge in [-0.05, 0) is 0 Å². The fraction of sp³-hybridized carbons (Fsp3) is 0. The van der Waals surface area contributed by atoms with Gasteiger partial charge < -0.3 is 5.73 Å². The van der Waals surface area contributed by atoms with Crippen LogP contribution in [0.3, 0.4) is 0 Å². The number of carbonyl (C=O) groups excluding carboxylic acids is 1. The summed E-state index contributed by atoms with van der Waals surface area (Å²) in [6.45, 7) is 0. The third-order valence-corrected chi connectivity index (χ3v) is 0.110. The first-order chi connectivity index (χ1) is 2.27. The Balaban J connectivity index is -0.0000000800. The van der Waals surface area contributed by atoms with Crippen LogP contribution < -0.4 is 5.73 Å². The van der Waals surface area contributed by atoms with E-state index in [0.29, 0.717) is 0 Å². The molecule has 0 unspecified atom stereocenters. The van der Waals surface area contributed by atoms with Gasteiger partial charge in [-0.15, -0.1) is 0 Å². The number of nitrogens with zero attached hydrogens (tertiary/aromatic N) is 1. The summed E-state index contributed by atoms with van der Waals surface area (Å²) in [4.78, 5) is 9.24. The van der Waals surface area contributed by atoms with E-state index in [0.717, 1.165) is 0 Å². The number of nitrogens with one attached hydrogen (secondary N) is 1. The Labute approximate surface area is 126 Å². The summed E-state index contributed by atoms with van der Waals surface area (Å²) in [5, 5.41) is 2.28. The zero-order valence-corrected chi connectivity index (χ0v) is 2.43. The topological polar surface area (TPSA) is 79.3 Å². The van der Waals surface area contributed by atoms with Crippen LogP contribution in [0.15, 0.2) is 5.11 Å². The van der Waals surface area contributed by atoms with Crippen molar-refractivity contribution in [1.82, 2.24) is 0 Å². The van der Waals surface area contributed by atoms with Crippen molar-refractivity contribution in [2.75, 3.05) is 0 Å². The fourth-order valence-electron chi connectivity index (χ4n) is 0. The van der Waals surface area contributed by atoms with Gasteiger partial charge in [0.05, 0.1) is 0 Å². The summed E-state index contributed by atoms with van der Waals surface area (Å²) in [5.74, 6) is 0. The van der Waals surface area contributed by atoms with E-state index in [1.54, 1.807) is 0 Å². The summed E-state index contributed by atoms with van der Waals surface area (Å²) in [6.07, 6.45) is 0. The zero-order valence-electron chi connectivity index (χ0n) is 2.43. The Morgan fingerprint density at radius 3 is 1.71 bits per heavy atom. The van der Waals surface area contributed by atoms with E-state index in [1.807, 2.05) is 0 Å². The quantitative estimate of drug-likeness (QED) is 0.333. The van der Waals surface area contributed by atoms with Gasteiger partial charge in [0.25, 0.3) is 0 Å². The average molecular weight is 153 g/mol. The number of urea groups is 1. The van der Waals surface area contributed by atoms with Crippen LogP contribution in [0.1, 0.15) is 0 Å². The van der Waals surface area contributed by atoms with E-state index in [2.05, 4.69) is 10.8 Å². The number of carbonyl (C=O) groups is 1. The van der Waals surface area contributed by atoms with E-state index in [4.69, 9.17) is 5.53 Å². The number of hydrogen-bond donors (Lipinski definition) is 2. The summed E-state index contributed by atoms with van der Waals surface area (Å²) >= 11 is 0. The summed E-state index contributed by atoms with van der Waals surface area (Å²) in [5.41, 5.74) is 10.1. The van der Waals surface area contributed by atoms with E-state index in [-0.39, 0.29) is 103 Å². The molecular weight excluding hydrogens is 148 g/mol. The molecule has 0 aliphatic heterocycles. The molecule has 0 spiro atoms.